The second-order valence-electron chi connectivity index (χ2n) is 5.31. The smallest absolute Gasteiger partial charge is 0.233 e. The third-order valence-electron chi connectivity index (χ3n) is 3.97. The highest BCUT2D eigenvalue weighted by molar-refractivity contribution is 6.31. The molecule has 0 atom stereocenters. The van der Waals surface area contributed by atoms with E-state index in [1.807, 2.05) is 12.1 Å². The first-order valence-corrected chi connectivity index (χ1v) is 7.54. The topological polar surface area (TPSA) is 58.4 Å². The van der Waals surface area contributed by atoms with Crippen LogP contribution in [0.2, 0.25) is 5.02 Å². The average molecular weight is 296 g/mol. The molecule has 20 heavy (non-hydrogen) atoms. The number of nitrogens with one attached hydrogen (secondary N) is 1. The Morgan fingerprint density at radius 3 is 2.70 bits per heavy atom. The van der Waals surface area contributed by atoms with Gasteiger partial charge in [0, 0.05) is 11.4 Å². The van der Waals surface area contributed by atoms with Crippen LogP contribution in [0, 0.1) is 0 Å². The lowest BCUT2D eigenvalue weighted by Crippen LogP contribution is -2.35. The number of nitrogens with two attached hydrogens (primary N) is 1. The largest absolute Gasteiger partial charge is 0.303 e. The van der Waals surface area contributed by atoms with Crippen LogP contribution in [0.4, 0.5) is 0 Å². The molecule has 1 fully saturated rings. The zero-order valence-corrected chi connectivity index (χ0v) is 12.4. The molecule has 0 spiro atoms. The number of nitrogens with zero attached hydrogens (tertiary/aromatic N) is 1. The van der Waals surface area contributed by atoms with Gasteiger partial charge in [0.05, 0.1) is 0 Å². The van der Waals surface area contributed by atoms with Gasteiger partial charge in [-0.25, -0.2) is 5.84 Å². The maximum atomic E-state index is 11.1. The van der Waals surface area contributed by atoms with Crippen molar-refractivity contribution < 1.29 is 4.79 Å². The Morgan fingerprint density at radius 2 is 2.05 bits per heavy atom. The monoisotopic (exact) mass is 295 g/mol. The Labute approximate surface area is 125 Å². The molecule has 0 bridgehead atoms. The summed E-state index contributed by atoms with van der Waals surface area (Å²) >= 11 is 6.26. The van der Waals surface area contributed by atoms with Gasteiger partial charge in [-0.05, 0) is 56.4 Å². The quantitative estimate of drug-likeness (QED) is 0.498. The molecule has 1 aromatic rings. The first-order valence-electron chi connectivity index (χ1n) is 7.17. The van der Waals surface area contributed by atoms with Crippen molar-refractivity contribution in [3.63, 3.8) is 0 Å². The lowest BCUT2D eigenvalue weighted by Gasteiger charge is -2.32. The van der Waals surface area contributed by atoms with Crippen LogP contribution in [0.5, 0.6) is 0 Å². The van der Waals surface area contributed by atoms with Crippen molar-refractivity contribution in [3.05, 3.63) is 34.9 Å². The van der Waals surface area contributed by atoms with E-state index in [4.69, 9.17) is 17.4 Å². The molecule has 2 rings (SSSR count). The van der Waals surface area contributed by atoms with Gasteiger partial charge in [-0.1, -0.05) is 29.8 Å². The van der Waals surface area contributed by atoms with E-state index in [1.54, 1.807) is 0 Å². The fourth-order valence-electron chi connectivity index (χ4n) is 2.81. The molecule has 1 aliphatic heterocycles. The molecule has 0 aromatic heterocycles. The van der Waals surface area contributed by atoms with Gasteiger partial charge in [0.25, 0.3) is 0 Å². The van der Waals surface area contributed by atoms with E-state index in [9.17, 15) is 4.79 Å². The van der Waals surface area contributed by atoms with E-state index in [2.05, 4.69) is 22.5 Å². The van der Waals surface area contributed by atoms with Crippen LogP contribution < -0.4 is 11.3 Å². The van der Waals surface area contributed by atoms with Crippen molar-refractivity contribution in [1.29, 1.82) is 0 Å². The number of halogens is 1. The minimum absolute atomic E-state index is 0.0871. The van der Waals surface area contributed by atoms with Gasteiger partial charge < -0.3 is 4.90 Å². The summed E-state index contributed by atoms with van der Waals surface area (Å²) in [4.78, 5) is 13.5. The van der Waals surface area contributed by atoms with Gasteiger partial charge in [-0.2, -0.15) is 0 Å². The number of amides is 1. The van der Waals surface area contributed by atoms with E-state index < -0.39 is 0 Å². The number of carbonyl (C=O) groups is 1. The number of hydrogen-bond donors (Lipinski definition) is 2. The van der Waals surface area contributed by atoms with E-state index in [1.165, 1.54) is 5.56 Å². The molecule has 4 nitrogen and oxygen atoms in total. The Kier molecular flexibility index (Phi) is 5.83. The molecule has 5 heteroatoms. The summed E-state index contributed by atoms with van der Waals surface area (Å²) in [5, 5.41) is 0.880. The third kappa shape index (κ3) is 4.20. The highest BCUT2D eigenvalue weighted by Crippen LogP contribution is 2.32. The number of benzene rings is 1. The zero-order valence-electron chi connectivity index (χ0n) is 11.6. The molecular weight excluding hydrogens is 274 g/mol. The Balaban J connectivity index is 1.75. The normalized spacial score (nSPS) is 17.1. The lowest BCUT2D eigenvalue weighted by molar-refractivity contribution is -0.121. The van der Waals surface area contributed by atoms with Crippen LogP contribution in [-0.2, 0) is 4.79 Å². The number of carbonyl (C=O) groups excluding carboxylic acids is 1. The third-order valence-corrected chi connectivity index (χ3v) is 4.32. The molecule has 0 aliphatic carbocycles. The highest BCUT2D eigenvalue weighted by Gasteiger charge is 2.21. The maximum Gasteiger partial charge on any atom is 0.233 e. The standard InChI is InChI=1S/C15H22ClN3O/c16-14-5-2-1-4-13(14)12-7-10-19(11-8-12)9-3-6-15(20)18-17/h1-2,4-5,12H,3,6-11,17H2,(H,18,20). The average Bonchev–Trinajstić information content (AvgIpc) is 2.48. The molecule has 110 valence electrons. The number of likely N-dealkylation sites (tertiary alicyclic amines) is 1. The second kappa shape index (κ2) is 7.62. The van der Waals surface area contributed by atoms with Crippen molar-refractivity contribution in [2.24, 2.45) is 5.84 Å². The molecule has 1 heterocycles. The SMILES string of the molecule is NNC(=O)CCCN1CCC(c2ccccc2Cl)CC1. The molecule has 1 amide bonds. The summed E-state index contributed by atoms with van der Waals surface area (Å²) in [6.45, 7) is 3.10. The molecule has 1 saturated heterocycles. The van der Waals surface area contributed by atoms with Crippen LogP contribution >= 0.6 is 11.6 Å². The highest BCUT2D eigenvalue weighted by atomic mass is 35.5. The number of piperidine rings is 1. The molecule has 3 N–H and O–H groups in total. The van der Waals surface area contributed by atoms with Crippen molar-refractivity contribution in [2.45, 2.75) is 31.6 Å². The fourth-order valence-corrected chi connectivity index (χ4v) is 3.10. The second-order valence-corrected chi connectivity index (χ2v) is 5.72. The molecule has 0 unspecified atom stereocenters. The first kappa shape index (κ1) is 15.3. The van der Waals surface area contributed by atoms with Gasteiger partial charge in [0.2, 0.25) is 5.91 Å². The predicted molar refractivity (Wildman–Crippen MR) is 81.4 cm³/mol. The summed E-state index contributed by atoms with van der Waals surface area (Å²) in [5.74, 6) is 5.54. The molecular formula is C15H22ClN3O. The Bertz CT molecular complexity index is 444. The lowest BCUT2D eigenvalue weighted by atomic mass is 9.89. The van der Waals surface area contributed by atoms with Crippen molar-refractivity contribution >= 4 is 17.5 Å². The maximum absolute atomic E-state index is 11.1. The van der Waals surface area contributed by atoms with Gasteiger partial charge in [0.1, 0.15) is 0 Å². The van der Waals surface area contributed by atoms with Gasteiger partial charge >= 0.3 is 0 Å². The Morgan fingerprint density at radius 1 is 1.35 bits per heavy atom. The number of hydrazine groups is 1. The zero-order chi connectivity index (χ0) is 14.4. The number of hydrogen-bond acceptors (Lipinski definition) is 3. The molecule has 0 radical (unpaired) electrons. The summed E-state index contributed by atoms with van der Waals surface area (Å²) in [5.41, 5.74) is 3.44. The van der Waals surface area contributed by atoms with Gasteiger partial charge in [-0.3, -0.25) is 10.2 Å². The van der Waals surface area contributed by atoms with E-state index in [0.29, 0.717) is 12.3 Å². The van der Waals surface area contributed by atoms with Crippen molar-refractivity contribution in [2.75, 3.05) is 19.6 Å². The minimum atomic E-state index is -0.0871. The van der Waals surface area contributed by atoms with Crippen LogP contribution in [0.3, 0.4) is 0 Å². The van der Waals surface area contributed by atoms with Crippen LogP contribution in [0.1, 0.15) is 37.2 Å². The van der Waals surface area contributed by atoms with Crippen LogP contribution in [-0.4, -0.2) is 30.4 Å². The summed E-state index contributed by atoms with van der Waals surface area (Å²) in [6, 6.07) is 8.13. The van der Waals surface area contributed by atoms with E-state index in [-0.39, 0.29) is 5.91 Å². The molecule has 1 aliphatic rings. The van der Waals surface area contributed by atoms with E-state index >= 15 is 0 Å². The molecule has 1 aromatic carbocycles. The summed E-state index contributed by atoms with van der Waals surface area (Å²) in [6.07, 6.45) is 3.63. The summed E-state index contributed by atoms with van der Waals surface area (Å²) < 4.78 is 0. The fraction of sp³-hybridized carbons (Fsp3) is 0.533. The van der Waals surface area contributed by atoms with Crippen molar-refractivity contribution in [1.82, 2.24) is 10.3 Å². The molecule has 0 saturated carbocycles. The van der Waals surface area contributed by atoms with Crippen LogP contribution in [0.25, 0.3) is 0 Å². The van der Waals surface area contributed by atoms with Gasteiger partial charge in [0.15, 0.2) is 0 Å². The predicted octanol–water partition coefficient (Wildman–Crippen LogP) is 2.29. The van der Waals surface area contributed by atoms with E-state index in [0.717, 1.165) is 43.9 Å². The number of rotatable bonds is 5. The first-order chi connectivity index (χ1) is 9.70. The minimum Gasteiger partial charge on any atom is -0.303 e. The van der Waals surface area contributed by atoms with Crippen molar-refractivity contribution in [3.8, 4) is 0 Å². The summed E-state index contributed by atoms with van der Waals surface area (Å²) in [7, 11) is 0. The Hall–Kier alpha value is -1.10. The van der Waals surface area contributed by atoms with Gasteiger partial charge in [-0.15, -0.1) is 0 Å². The van der Waals surface area contributed by atoms with Crippen LogP contribution in [0.15, 0.2) is 24.3 Å².